The number of hydrogen-bond donors (Lipinski definition) is 3. The van der Waals surface area contributed by atoms with Gasteiger partial charge in [-0.1, -0.05) is 12.1 Å². The Bertz CT molecular complexity index is 986. The number of carbonyl (C=O) groups is 1. The summed E-state index contributed by atoms with van der Waals surface area (Å²) in [5.41, 5.74) is 11.1. The molecule has 0 bridgehead atoms. The quantitative estimate of drug-likeness (QED) is 0.271. The second-order valence-electron chi connectivity index (χ2n) is 6.68. The van der Waals surface area contributed by atoms with Gasteiger partial charge in [0.25, 0.3) is 0 Å². The fraction of sp³-hybridized carbons (Fsp3) is 0.400. The van der Waals surface area contributed by atoms with Crippen molar-refractivity contribution in [1.29, 1.82) is 5.53 Å². The Balaban J connectivity index is 2.02. The lowest BCUT2D eigenvalue weighted by Gasteiger charge is -2.30. The first-order chi connectivity index (χ1) is 14.0. The summed E-state index contributed by atoms with van der Waals surface area (Å²) >= 11 is 0. The fourth-order valence-corrected chi connectivity index (χ4v) is 3.52. The molecule has 1 atom stereocenters. The number of aromatic hydroxyl groups is 1. The normalized spacial score (nSPS) is 14.5. The summed E-state index contributed by atoms with van der Waals surface area (Å²) in [6.07, 6.45) is 3.02. The summed E-state index contributed by atoms with van der Waals surface area (Å²) < 4.78 is 12.5. The number of rotatable bonds is 8. The lowest BCUT2D eigenvalue weighted by atomic mass is 9.90. The molecule has 1 aliphatic rings. The van der Waals surface area contributed by atoms with Crippen molar-refractivity contribution in [3.8, 4) is 22.8 Å². The van der Waals surface area contributed by atoms with Crippen LogP contribution in [0.1, 0.15) is 42.2 Å². The average molecular weight is 400 g/mol. The molecule has 9 nitrogen and oxygen atoms in total. The number of ether oxygens (including phenoxy) is 2. The molecule has 1 aliphatic heterocycles. The molecule has 2 heterocycles. The molecule has 1 unspecified atom stereocenters. The number of phenolic OH excluding ortho intramolecular Hbond substituents is 1. The number of nitrogens with one attached hydrogen (secondary N) is 2. The first-order valence-corrected chi connectivity index (χ1v) is 9.51. The van der Waals surface area contributed by atoms with Gasteiger partial charge in [0.2, 0.25) is 0 Å². The van der Waals surface area contributed by atoms with Crippen LogP contribution in [0.2, 0.25) is 0 Å². The second-order valence-corrected chi connectivity index (χ2v) is 6.68. The van der Waals surface area contributed by atoms with Crippen LogP contribution < -0.4 is 15.6 Å². The molecule has 0 radical (unpaired) electrons. The molecule has 2 aromatic rings. The number of hydrogen-bond acceptors (Lipinski definition) is 7. The molecule has 3 rings (SSSR count). The van der Waals surface area contributed by atoms with Gasteiger partial charge < -0.3 is 19.1 Å². The predicted molar refractivity (Wildman–Crippen MR) is 105 cm³/mol. The van der Waals surface area contributed by atoms with E-state index < -0.39 is 11.4 Å². The predicted octanol–water partition coefficient (Wildman–Crippen LogP) is 2.82. The highest BCUT2D eigenvalue weighted by molar-refractivity contribution is 5.89. The van der Waals surface area contributed by atoms with Crippen LogP contribution in [0.3, 0.4) is 0 Å². The van der Waals surface area contributed by atoms with Gasteiger partial charge in [0.05, 0.1) is 18.8 Å². The van der Waals surface area contributed by atoms with Crippen LogP contribution in [0.25, 0.3) is 11.3 Å². The van der Waals surface area contributed by atoms with E-state index in [9.17, 15) is 14.7 Å². The highest BCUT2D eigenvalue weighted by atomic mass is 16.5. The lowest BCUT2D eigenvalue weighted by molar-refractivity contribution is 0.0523. The van der Waals surface area contributed by atoms with Gasteiger partial charge in [-0.3, -0.25) is 10.2 Å². The Labute approximate surface area is 167 Å². The number of fused-ring (bicyclic) bond motifs is 3. The molecule has 0 aliphatic carbocycles. The second kappa shape index (κ2) is 8.76. The largest absolute Gasteiger partial charge is 0.504 e. The van der Waals surface area contributed by atoms with Gasteiger partial charge in [-0.2, -0.15) is 5.53 Å². The first-order valence-electron chi connectivity index (χ1n) is 9.51. The lowest BCUT2D eigenvalue weighted by Crippen LogP contribution is -2.26. The Hall–Kier alpha value is -3.36. The minimum atomic E-state index is -0.631. The number of carbonyl (C=O) groups excluding carboxylic acids is 1. The van der Waals surface area contributed by atoms with Crippen molar-refractivity contribution in [3.63, 3.8) is 0 Å². The number of nitrogens with zero attached hydrogens (tertiary/aromatic N) is 2. The van der Waals surface area contributed by atoms with Crippen LogP contribution in [0.15, 0.2) is 34.4 Å². The molecule has 0 spiro atoms. The van der Waals surface area contributed by atoms with Gasteiger partial charge in [0.15, 0.2) is 16.9 Å². The Morgan fingerprint density at radius 1 is 1.38 bits per heavy atom. The maximum absolute atomic E-state index is 12.5. The zero-order valence-corrected chi connectivity index (χ0v) is 16.4. The van der Waals surface area contributed by atoms with Crippen LogP contribution in [0, 0.1) is 5.53 Å². The Morgan fingerprint density at radius 2 is 2.17 bits per heavy atom. The van der Waals surface area contributed by atoms with Crippen LogP contribution in [-0.4, -0.2) is 35.4 Å². The van der Waals surface area contributed by atoms with Crippen molar-refractivity contribution in [2.24, 2.45) is 5.22 Å². The summed E-state index contributed by atoms with van der Waals surface area (Å²) in [5, 5.41) is 13.4. The number of phenols is 1. The van der Waals surface area contributed by atoms with E-state index in [1.165, 1.54) is 6.07 Å². The molecule has 3 N–H and O–H groups in total. The zero-order valence-electron chi connectivity index (χ0n) is 16.4. The maximum Gasteiger partial charge on any atom is 0.343 e. The minimum absolute atomic E-state index is 0.00832. The topological polar surface area (TPSA) is 126 Å². The molecule has 0 saturated carbocycles. The van der Waals surface area contributed by atoms with Crippen molar-refractivity contribution in [2.75, 3.05) is 19.8 Å². The van der Waals surface area contributed by atoms with E-state index in [4.69, 9.17) is 15.0 Å². The zero-order chi connectivity index (χ0) is 21.0. The summed E-state index contributed by atoms with van der Waals surface area (Å²) in [6.45, 7) is 4.51. The molecule has 9 heteroatoms. The monoisotopic (exact) mass is 400 g/mol. The van der Waals surface area contributed by atoms with E-state index in [1.807, 2.05) is 11.5 Å². The molecule has 1 aromatic carbocycles. The molecular formula is C20H24N4O5. The summed E-state index contributed by atoms with van der Waals surface area (Å²) in [6, 6.07) is 4.83. The number of aromatic nitrogens is 1. The standard InChI is InChI=1S/C20H24N4O5/c1-3-13-7-12-8-19(29-6-5-22-23-21)18(26)9-14(12)16-10-17(25)15(11-24(13)16)20(27)28-4-2/h8-11,13,26H,3-7H2,1-2H3,(H2,21,22). The van der Waals surface area contributed by atoms with Gasteiger partial charge in [-0.25, -0.2) is 4.79 Å². The van der Waals surface area contributed by atoms with Crippen molar-refractivity contribution < 1.29 is 19.4 Å². The fourth-order valence-electron chi connectivity index (χ4n) is 3.52. The van der Waals surface area contributed by atoms with E-state index in [0.29, 0.717) is 24.4 Å². The number of benzene rings is 1. The van der Waals surface area contributed by atoms with Crippen molar-refractivity contribution in [1.82, 2.24) is 9.99 Å². The Morgan fingerprint density at radius 3 is 2.86 bits per heavy atom. The third-order valence-electron chi connectivity index (χ3n) is 4.91. The molecule has 0 amide bonds. The van der Waals surface area contributed by atoms with Crippen LogP contribution >= 0.6 is 0 Å². The molecule has 0 saturated heterocycles. The van der Waals surface area contributed by atoms with Crippen LogP contribution in [0.5, 0.6) is 11.5 Å². The van der Waals surface area contributed by atoms with E-state index in [1.54, 1.807) is 25.3 Å². The molecule has 29 heavy (non-hydrogen) atoms. The number of pyridine rings is 1. The average Bonchev–Trinajstić information content (AvgIpc) is 2.71. The summed E-state index contributed by atoms with van der Waals surface area (Å²) in [5.74, 6) is -0.340. The molecular weight excluding hydrogens is 376 g/mol. The minimum Gasteiger partial charge on any atom is -0.504 e. The first kappa shape index (κ1) is 20.4. The number of esters is 1. The van der Waals surface area contributed by atoms with Crippen molar-refractivity contribution >= 4 is 5.97 Å². The van der Waals surface area contributed by atoms with Gasteiger partial charge in [0, 0.05) is 23.9 Å². The van der Waals surface area contributed by atoms with Gasteiger partial charge >= 0.3 is 5.97 Å². The van der Waals surface area contributed by atoms with Gasteiger partial charge in [0.1, 0.15) is 12.2 Å². The third-order valence-corrected chi connectivity index (χ3v) is 4.91. The SMILES string of the molecule is CCOC(=O)c1cn2c(cc1=O)-c1cc(O)c(OCCNN=N)cc1CC2CC. The van der Waals surface area contributed by atoms with Crippen molar-refractivity contribution in [3.05, 3.63) is 45.7 Å². The highest BCUT2D eigenvalue weighted by Crippen LogP contribution is 2.41. The summed E-state index contributed by atoms with van der Waals surface area (Å²) in [7, 11) is 0. The van der Waals surface area contributed by atoms with E-state index in [2.05, 4.69) is 10.6 Å². The maximum atomic E-state index is 12.5. The van der Waals surface area contributed by atoms with Gasteiger partial charge in [-0.15, -0.1) is 0 Å². The highest BCUT2D eigenvalue weighted by Gasteiger charge is 2.27. The molecule has 154 valence electrons. The van der Waals surface area contributed by atoms with E-state index in [0.717, 1.165) is 17.5 Å². The Kier molecular flexibility index (Phi) is 6.16. The van der Waals surface area contributed by atoms with E-state index >= 15 is 0 Å². The summed E-state index contributed by atoms with van der Waals surface area (Å²) in [4.78, 5) is 24.7. The van der Waals surface area contributed by atoms with Crippen molar-refractivity contribution in [2.45, 2.75) is 32.7 Å². The van der Waals surface area contributed by atoms with Gasteiger partial charge in [-0.05, 0) is 37.5 Å². The smallest absolute Gasteiger partial charge is 0.343 e. The molecule has 1 aromatic heterocycles. The van der Waals surface area contributed by atoms with Crippen LogP contribution in [0.4, 0.5) is 0 Å². The van der Waals surface area contributed by atoms with Crippen LogP contribution in [-0.2, 0) is 11.2 Å². The van der Waals surface area contributed by atoms with E-state index in [-0.39, 0.29) is 30.6 Å². The molecule has 0 fully saturated rings. The third kappa shape index (κ3) is 4.08.